The van der Waals surface area contributed by atoms with Crippen LogP contribution in [0.1, 0.15) is 23.6 Å². The number of nitrogens with zero attached hydrogens (tertiary/aromatic N) is 3. The average molecular weight is 622 g/mol. The molecule has 3 nitrogen and oxygen atoms in total. The minimum absolute atomic E-state index is 0.135. The van der Waals surface area contributed by atoms with Crippen LogP contribution in [0.3, 0.4) is 0 Å². The van der Waals surface area contributed by atoms with Crippen molar-refractivity contribution >= 4 is 27.3 Å². The summed E-state index contributed by atoms with van der Waals surface area (Å²) in [7, 11) is 2.15. The van der Waals surface area contributed by atoms with Crippen LogP contribution in [0.2, 0.25) is 0 Å². The third-order valence-electron chi connectivity index (χ3n) is 8.18. The SMILES string of the molecule is C[n+]1c(-c2ccccc2)cc(-c2ccc(N3N=C(c4ccc(Br)cc4)C[C@H]3c3ccccc3)cc2)cc1-c1ccccc1. The van der Waals surface area contributed by atoms with Crippen LogP contribution < -0.4 is 9.58 Å². The molecule has 2 heterocycles. The molecule has 208 valence electrons. The molecular weight excluding hydrogens is 590 g/mol. The molecule has 0 aliphatic carbocycles. The van der Waals surface area contributed by atoms with E-state index in [1.807, 2.05) is 0 Å². The standard InChI is InChI=1S/C39H31BrN3/c1-42-37(30-11-5-2-6-12-30)25-33(26-38(42)31-13-7-3-8-14-31)28-19-23-35(24-20-28)43-39(32-15-9-4-10-16-32)27-36(41-43)29-17-21-34(40)22-18-29/h2-26,39H,27H2,1H3/q+1/t39-/m0/s1. The Bertz CT molecular complexity index is 1820. The van der Waals surface area contributed by atoms with Gasteiger partial charge >= 0.3 is 0 Å². The van der Waals surface area contributed by atoms with Crippen LogP contribution in [-0.4, -0.2) is 5.71 Å². The minimum Gasteiger partial charge on any atom is -0.257 e. The van der Waals surface area contributed by atoms with E-state index in [9.17, 15) is 0 Å². The van der Waals surface area contributed by atoms with Crippen molar-refractivity contribution in [3.63, 3.8) is 0 Å². The second-order valence-electron chi connectivity index (χ2n) is 10.9. The summed E-state index contributed by atoms with van der Waals surface area (Å²) in [5.74, 6) is 0. The van der Waals surface area contributed by atoms with Crippen molar-refractivity contribution in [2.45, 2.75) is 12.5 Å². The fraction of sp³-hybridized carbons (Fsp3) is 0.0769. The predicted octanol–water partition coefficient (Wildman–Crippen LogP) is 9.63. The lowest BCUT2D eigenvalue weighted by atomic mass is 9.97. The third kappa shape index (κ3) is 5.54. The Hall–Kier alpha value is -4.80. The van der Waals surface area contributed by atoms with Crippen LogP contribution in [0.15, 0.2) is 161 Å². The molecule has 0 unspecified atom stereocenters. The summed E-state index contributed by atoms with van der Waals surface area (Å²) in [6, 6.07) is 54.0. The normalized spacial score (nSPS) is 14.5. The lowest BCUT2D eigenvalue weighted by Crippen LogP contribution is -2.34. The van der Waals surface area contributed by atoms with Crippen molar-refractivity contribution in [3.8, 4) is 33.6 Å². The maximum atomic E-state index is 5.17. The molecule has 6 aromatic rings. The molecule has 0 amide bonds. The van der Waals surface area contributed by atoms with Gasteiger partial charge in [-0.15, -0.1) is 0 Å². The topological polar surface area (TPSA) is 19.5 Å². The van der Waals surface area contributed by atoms with Crippen molar-refractivity contribution in [2.24, 2.45) is 12.1 Å². The monoisotopic (exact) mass is 620 g/mol. The first-order valence-corrected chi connectivity index (χ1v) is 15.4. The fourth-order valence-corrected chi connectivity index (χ4v) is 6.17. The highest BCUT2D eigenvalue weighted by Gasteiger charge is 2.30. The number of pyridine rings is 1. The molecule has 0 bridgehead atoms. The maximum absolute atomic E-state index is 5.17. The number of hydrogen-bond acceptors (Lipinski definition) is 2. The van der Waals surface area contributed by atoms with E-state index < -0.39 is 0 Å². The van der Waals surface area contributed by atoms with E-state index >= 15 is 0 Å². The van der Waals surface area contributed by atoms with Crippen LogP contribution in [0, 0.1) is 0 Å². The van der Waals surface area contributed by atoms with Gasteiger partial charge < -0.3 is 0 Å². The number of anilines is 1. The Morgan fingerprint density at radius 1 is 0.581 bits per heavy atom. The summed E-state index contributed by atoms with van der Waals surface area (Å²) in [6.45, 7) is 0. The molecule has 0 saturated carbocycles. The van der Waals surface area contributed by atoms with Crippen molar-refractivity contribution in [1.29, 1.82) is 0 Å². The molecule has 1 aliphatic rings. The molecular formula is C39H31BrN3+. The zero-order valence-electron chi connectivity index (χ0n) is 23.9. The summed E-state index contributed by atoms with van der Waals surface area (Å²) in [4.78, 5) is 0. The van der Waals surface area contributed by atoms with Crippen LogP contribution in [0.4, 0.5) is 5.69 Å². The second-order valence-corrected chi connectivity index (χ2v) is 11.8. The molecule has 0 N–H and O–H groups in total. The van der Waals surface area contributed by atoms with Gasteiger partial charge in [0.2, 0.25) is 11.4 Å². The Kier molecular flexibility index (Phi) is 7.44. The largest absolute Gasteiger partial charge is 0.257 e. The summed E-state index contributed by atoms with van der Waals surface area (Å²) in [5.41, 5.74) is 11.7. The summed E-state index contributed by atoms with van der Waals surface area (Å²) in [5, 5.41) is 7.36. The lowest BCUT2D eigenvalue weighted by Gasteiger charge is -2.24. The molecule has 1 atom stereocenters. The summed E-state index contributed by atoms with van der Waals surface area (Å²) < 4.78 is 3.36. The molecule has 0 spiro atoms. The van der Waals surface area contributed by atoms with Gasteiger partial charge in [-0.2, -0.15) is 9.67 Å². The first-order chi connectivity index (χ1) is 21.1. The van der Waals surface area contributed by atoms with E-state index in [-0.39, 0.29) is 6.04 Å². The smallest absolute Gasteiger partial charge is 0.213 e. The number of benzene rings is 5. The highest BCUT2D eigenvalue weighted by molar-refractivity contribution is 9.10. The number of hydrazone groups is 1. The van der Waals surface area contributed by atoms with E-state index in [0.29, 0.717) is 0 Å². The third-order valence-corrected chi connectivity index (χ3v) is 8.71. The van der Waals surface area contributed by atoms with Gasteiger partial charge in [-0.25, -0.2) is 0 Å². The predicted molar refractivity (Wildman–Crippen MR) is 181 cm³/mol. The average Bonchev–Trinajstić information content (AvgIpc) is 3.52. The van der Waals surface area contributed by atoms with Crippen LogP contribution in [0.5, 0.6) is 0 Å². The van der Waals surface area contributed by atoms with Gasteiger partial charge in [0, 0.05) is 34.2 Å². The Morgan fingerprint density at radius 2 is 1.09 bits per heavy atom. The molecule has 0 saturated heterocycles. The molecule has 5 aromatic carbocycles. The van der Waals surface area contributed by atoms with E-state index in [0.717, 1.165) is 27.9 Å². The van der Waals surface area contributed by atoms with Crippen molar-refractivity contribution in [3.05, 3.63) is 167 Å². The molecule has 0 radical (unpaired) electrons. The maximum Gasteiger partial charge on any atom is 0.213 e. The van der Waals surface area contributed by atoms with Crippen LogP contribution in [0.25, 0.3) is 33.6 Å². The van der Waals surface area contributed by atoms with E-state index in [1.165, 1.54) is 39.2 Å². The fourth-order valence-electron chi connectivity index (χ4n) is 5.90. The van der Waals surface area contributed by atoms with E-state index in [1.54, 1.807) is 0 Å². The van der Waals surface area contributed by atoms with Crippen molar-refractivity contribution in [1.82, 2.24) is 0 Å². The lowest BCUT2D eigenvalue weighted by molar-refractivity contribution is -0.649. The Morgan fingerprint density at radius 3 is 1.65 bits per heavy atom. The molecule has 1 aromatic heterocycles. The number of halogens is 1. The van der Waals surface area contributed by atoms with E-state index in [2.05, 4.69) is 184 Å². The first kappa shape index (κ1) is 27.1. The first-order valence-electron chi connectivity index (χ1n) is 14.6. The van der Waals surface area contributed by atoms with Crippen LogP contribution >= 0.6 is 15.9 Å². The van der Waals surface area contributed by atoms with Gasteiger partial charge in [-0.3, -0.25) is 5.01 Å². The van der Waals surface area contributed by atoms with Gasteiger partial charge in [0.25, 0.3) is 0 Å². The summed E-state index contributed by atoms with van der Waals surface area (Å²) >= 11 is 3.56. The number of aromatic nitrogens is 1. The molecule has 0 fully saturated rings. The minimum atomic E-state index is 0.135. The van der Waals surface area contributed by atoms with Crippen molar-refractivity contribution < 1.29 is 4.57 Å². The molecule has 43 heavy (non-hydrogen) atoms. The highest BCUT2D eigenvalue weighted by Crippen LogP contribution is 2.38. The highest BCUT2D eigenvalue weighted by atomic mass is 79.9. The van der Waals surface area contributed by atoms with Gasteiger partial charge in [-0.05, 0) is 70.8 Å². The second kappa shape index (κ2) is 11.8. The van der Waals surface area contributed by atoms with Gasteiger partial charge in [0.05, 0.1) is 17.4 Å². The van der Waals surface area contributed by atoms with Crippen molar-refractivity contribution in [2.75, 3.05) is 5.01 Å². The van der Waals surface area contributed by atoms with Gasteiger partial charge in [0.15, 0.2) is 0 Å². The quantitative estimate of drug-likeness (QED) is 0.170. The van der Waals surface area contributed by atoms with Gasteiger partial charge in [0.1, 0.15) is 7.05 Å². The summed E-state index contributed by atoms with van der Waals surface area (Å²) in [6.07, 6.45) is 0.851. The molecule has 7 rings (SSSR count). The van der Waals surface area contributed by atoms with Crippen LogP contribution in [-0.2, 0) is 7.05 Å². The number of rotatable bonds is 6. The number of hydrogen-bond donors (Lipinski definition) is 0. The molecule has 4 heteroatoms. The zero-order chi connectivity index (χ0) is 29.2. The molecule has 1 aliphatic heterocycles. The Balaban J connectivity index is 1.29. The van der Waals surface area contributed by atoms with E-state index in [4.69, 9.17) is 5.10 Å². The Labute approximate surface area is 261 Å². The zero-order valence-corrected chi connectivity index (χ0v) is 25.5. The van der Waals surface area contributed by atoms with Gasteiger partial charge in [-0.1, -0.05) is 107 Å².